The van der Waals surface area contributed by atoms with Crippen molar-refractivity contribution in [3.63, 3.8) is 0 Å². The third-order valence-corrected chi connectivity index (χ3v) is 2.50. The van der Waals surface area contributed by atoms with Gasteiger partial charge in [-0.1, -0.05) is 0 Å². The lowest BCUT2D eigenvalue weighted by molar-refractivity contribution is -0.122. The van der Waals surface area contributed by atoms with Crippen LogP contribution in [0.4, 0.5) is 4.39 Å². The van der Waals surface area contributed by atoms with Crippen LogP contribution >= 0.6 is 0 Å². The molecule has 4 nitrogen and oxygen atoms in total. The SMILES string of the molecule is CCNC(=O)COc1cc(F)cc(CNC(C)(C)C)c1. The van der Waals surface area contributed by atoms with Crippen LogP contribution in [0.15, 0.2) is 18.2 Å². The molecule has 1 rings (SSSR count). The van der Waals surface area contributed by atoms with Gasteiger partial charge in [-0.2, -0.15) is 0 Å². The minimum Gasteiger partial charge on any atom is -0.484 e. The van der Waals surface area contributed by atoms with E-state index in [1.54, 1.807) is 6.07 Å². The molecule has 0 aliphatic rings. The summed E-state index contributed by atoms with van der Waals surface area (Å²) in [4.78, 5) is 11.3. The number of carbonyl (C=O) groups excluding carboxylic acids is 1. The van der Waals surface area contributed by atoms with Crippen molar-refractivity contribution < 1.29 is 13.9 Å². The summed E-state index contributed by atoms with van der Waals surface area (Å²) < 4.78 is 18.8. The first kappa shape index (κ1) is 16.4. The van der Waals surface area contributed by atoms with Crippen LogP contribution in [0.3, 0.4) is 0 Å². The maximum Gasteiger partial charge on any atom is 0.257 e. The smallest absolute Gasteiger partial charge is 0.257 e. The number of carbonyl (C=O) groups is 1. The molecule has 0 fully saturated rings. The Morgan fingerprint density at radius 3 is 2.60 bits per heavy atom. The lowest BCUT2D eigenvalue weighted by atomic mass is 10.1. The second-order valence-electron chi connectivity index (χ2n) is 5.64. The Kier molecular flexibility index (Phi) is 5.95. The summed E-state index contributed by atoms with van der Waals surface area (Å²) in [6, 6.07) is 4.47. The number of nitrogens with one attached hydrogen (secondary N) is 2. The van der Waals surface area contributed by atoms with Gasteiger partial charge in [-0.15, -0.1) is 0 Å². The average molecular weight is 282 g/mol. The van der Waals surface area contributed by atoms with Gasteiger partial charge in [-0.3, -0.25) is 4.79 Å². The fraction of sp³-hybridized carbons (Fsp3) is 0.533. The first-order valence-corrected chi connectivity index (χ1v) is 6.74. The fourth-order valence-corrected chi connectivity index (χ4v) is 1.57. The molecule has 0 radical (unpaired) electrons. The van der Waals surface area contributed by atoms with E-state index in [4.69, 9.17) is 4.74 Å². The summed E-state index contributed by atoms with van der Waals surface area (Å²) in [5.74, 6) is -0.225. The third-order valence-electron chi connectivity index (χ3n) is 2.50. The van der Waals surface area contributed by atoms with E-state index >= 15 is 0 Å². The van der Waals surface area contributed by atoms with Gasteiger partial charge in [0.2, 0.25) is 0 Å². The second-order valence-corrected chi connectivity index (χ2v) is 5.64. The first-order valence-electron chi connectivity index (χ1n) is 6.74. The molecular formula is C15H23FN2O2. The summed E-state index contributed by atoms with van der Waals surface area (Å²) in [7, 11) is 0. The van der Waals surface area contributed by atoms with Crippen LogP contribution in [0, 0.1) is 5.82 Å². The minimum absolute atomic E-state index is 0.0473. The van der Waals surface area contributed by atoms with Crippen LogP contribution in [0.1, 0.15) is 33.3 Å². The maximum atomic E-state index is 13.5. The molecule has 5 heteroatoms. The van der Waals surface area contributed by atoms with Gasteiger partial charge in [0.1, 0.15) is 11.6 Å². The number of ether oxygens (including phenoxy) is 1. The van der Waals surface area contributed by atoms with Crippen LogP contribution in [0.25, 0.3) is 0 Å². The topological polar surface area (TPSA) is 50.4 Å². The van der Waals surface area contributed by atoms with E-state index < -0.39 is 0 Å². The Morgan fingerprint density at radius 1 is 1.30 bits per heavy atom. The van der Waals surface area contributed by atoms with E-state index in [-0.39, 0.29) is 23.9 Å². The highest BCUT2D eigenvalue weighted by Gasteiger charge is 2.10. The molecule has 0 unspecified atom stereocenters. The van der Waals surface area contributed by atoms with Gasteiger partial charge in [0.05, 0.1) is 0 Å². The average Bonchev–Trinajstić information content (AvgIpc) is 2.33. The maximum absolute atomic E-state index is 13.5. The number of amides is 1. The van der Waals surface area contributed by atoms with Gasteiger partial charge < -0.3 is 15.4 Å². The molecular weight excluding hydrogens is 259 g/mol. The van der Waals surface area contributed by atoms with Crippen LogP contribution in [-0.2, 0) is 11.3 Å². The Morgan fingerprint density at radius 2 is 2.00 bits per heavy atom. The first-order chi connectivity index (χ1) is 9.30. The lowest BCUT2D eigenvalue weighted by Gasteiger charge is -2.20. The van der Waals surface area contributed by atoms with Crippen LogP contribution in [0.2, 0.25) is 0 Å². The number of halogens is 1. The van der Waals surface area contributed by atoms with Crippen molar-refractivity contribution in [2.75, 3.05) is 13.2 Å². The van der Waals surface area contributed by atoms with E-state index in [1.165, 1.54) is 12.1 Å². The molecule has 1 aromatic rings. The lowest BCUT2D eigenvalue weighted by Crippen LogP contribution is -2.35. The number of rotatable bonds is 6. The van der Waals surface area contributed by atoms with Crippen LogP contribution in [0.5, 0.6) is 5.75 Å². The summed E-state index contributed by atoms with van der Waals surface area (Å²) in [5.41, 5.74) is 0.736. The predicted octanol–water partition coefficient (Wildman–Crippen LogP) is 2.23. The van der Waals surface area contributed by atoms with Gasteiger partial charge in [-0.05, 0) is 45.4 Å². The molecule has 0 spiro atoms. The molecule has 1 amide bonds. The third kappa shape index (κ3) is 6.52. The van der Waals surface area contributed by atoms with Crippen molar-refractivity contribution in [2.24, 2.45) is 0 Å². The van der Waals surface area contributed by atoms with Gasteiger partial charge in [0.25, 0.3) is 5.91 Å². The molecule has 0 saturated carbocycles. The van der Waals surface area contributed by atoms with E-state index in [0.717, 1.165) is 5.56 Å². The molecule has 0 atom stereocenters. The molecule has 0 aliphatic heterocycles. The molecule has 0 saturated heterocycles. The molecule has 0 aromatic heterocycles. The number of hydrogen-bond acceptors (Lipinski definition) is 3. The van der Waals surface area contributed by atoms with Crippen molar-refractivity contribution in [3.05, 3.63) is 29.6 Å². The van der Waals surface area contributed by atoms with Gasteiger partial charge >= 0.3 is 0 Å². The van der Waals surface area contributed by atoms with E-state index in [2.05, 4.69) is 10.6 Å². The fourth-order valence-electron chi connectivity index (χ4n) is 1.57. The zero-order valence-corrected chi connectivity index (χ0v) is 12.5. The highest BCUT2D eigenvalue weighted by Crippen LogP contribution is 2.17. The molecule has 1 aromatic carbocycles. The normalized spacial score (nSPS) is 11.2. The van der Waals surface area contributed by atoms with Gasteiger partial charge in [0.15, 0.2) is 6.61 Å². The quantitative estimate of drug-likeness (QED) is 0.841. The molecule has 0 heterocycles. The number of hydrogen-bond donors (Lipinski definition) is 2. The summed E-state index contributed by atoms with van der Waals surface area (Å²) in [6.07, 6.45) is 0. The van der Waals surface area contributed by atoms with Crippen molar-refractivity contribution >= 4 is 5.91 Å². The Labute approximate surface area is 119 Å². The van der Waals surface area contributed by atoms with Gasteiger partial charge in [-0.25, -0.2) is 4.39 Å². The molecule has 20 heavy (non-hydrogen) atoms. The minimum atomic E-state index is -0.371. The summed E-state index contributed by atoms with van der Waals surface area (Å²) >= 11 is 0. The highest BCUT2D eigenvalue weighted by molar-refractivity contribution is 5.77. The van der Waals surface area contributed by atoms with E-state index in [1.807, 2.05) is 27.7 Å². The summed E-state index contributed by atoms with van der Waals surface area (Å²) in [5, 5.41) is 5.90. The molecule has 0 aliphatic carbocycles. The summed E-state index contributed by atoms with van der Waals surface area (Å²) in [6.45, 7) is 8.93. The Hall–Kier alpha value is -1.62. The van der Waals surface area contributed by atoms with E-state index in [9.17, 15) is 9.18 Å². The van der Waals surface area contributed by atoms with Crippen LogP contribution < -0.4 is 15.4 Å². The van der Waals surface area contributed by atoms with Crippen molar-refractivity contribution in [1.82, 2.24) is 10.6 Å². The monoisotopic (exact) mass is 282 g/mol. The van der Waals surface area contributed by atoms with E-state index in [0.29, 0.717) is 18.8 Å². The van der Waals surface area contributed by atoms with Crippen LogP contribution in [-0.4, -0.2) is 24.6 Å². The van der Waals surface area contributed by atoms with Crippen molar-refractivity contribution in [2.45, 2.75) is 39.8 Å². The Bertz CT molecular complexity index is 456. The zero-order chi connectivity index (χ0) is 15.2. The highest BCUT2D eigenvalue weighted by atomic mass is 19.1. The van der Waals surface area contributed by atoms with Crippen molar-refractivity contribution in [1.29, 1.82) is 0 Å². The molecule has 0 bridgehead atoms. The van der Waals surface area contributed by atoms with Crippen molar-refractivity contribution in [3.8, 4) is 5.75 Å². The largest absolute Gasteiger partial charge is 0.484 e. The Balaban J connectivity index is 2.64. The number of likely N-dealkylation sites (N-methyl/N-ethyl adjacent to an activating group) is 1. The predicted molar refractivity (Wildman–Crippen MR) is 77.2 cm³/mol. The van der Waals surface area contributed by atoms with Gasteiger partial charge in [0, 0.05) is 24.7 Å². The number of benzene rings is 1. The molecule has 112 valence electrons. The standard InChI is InChI=1S/C15H23FN2O2/c1-5-17-14(19)10-20-13-7-11(6-12(16)8-13)9-18-15(2,3)4/h6-8,18H,5,9-10H2,1-4H3,(H,17,19). The molecule has 2 N–H and O–H groups in total. The second kappa shape index (κ2) is 7.24. The zero-order valence-electron chi connectivity index (χ0n) is 12.5.